The van der Waals surface area contributed by atoms with Crippen molar-refractivity contribution in [1.29, 1.82) is 0 Å². The predicted octanol–water partition coefficient (Wildman–Crippen LogP) is 4.11. The van der Waals surface area contributed by atoms with Crippen LogP contribution in [0, 0.1) is 20.8 Å². The maximum absolute atomic E-state index is 12.6. The van der Waals surface area contributed by atoms with Gasteiger partial charge in [0.2, 0.25) is 0 Å². The summed E-state index contributed by atoms with van der Waals surface area (Å²) in [5, 5.41) is 3.93. The van der Waals surface area contributed by atoms with Gasteiger partial charge in [-0.05, 0) is 69.0 Å². The van der Waals surface area contributed by atoms with Crippen LogP contribution in [0.15, 0.2) is 40.3 Å². The molecule has 0 unspecified atom stereocenters. The molecule has 0 atom stereocenters. The number of sulfonamides is 1. The number of benzene rings is 2. The molecule has 0 aliphatic heterocycles. The molecule has 0 aromatic heterocycles. The Morgan fingerprint density at radius 2 is 1.68 bits per heavy atom. The van der Waals surface area contributed by atoms with Crippen molar-refractivity contribution in [3.05, 3.63) is 52.6 Å². The Hall–Kier alpha value is -2.54. The van der Waals surface area contributed by atoms with Crippen LogP contribution in [-0.4, -0.2) is 27.8 Å². The van der Waals surface area contributed by atoms with Crippen molar-refractivity contribution in [3.8, 4) is 11.5 Å². The van der Waals surface area contributed by atoms with Crippen LogP contribution in [0.1, 0.15) is 42.5 Å². The van der Waals surface area contributed by atoms with Crippen molar-refractivity contribution in [1.82, 2.24) is 4.83 Å². The van der Waals surface area contributed by atoms with E-state index in [1.54, 1.807) is 32.0 Å². The lowest BCUT2D eigenvalue weighted by Crippen LogP contribution is -2.20. The second-order valence-corrected chi connectivity index (χ2v) is 8.17. The van der Waals surface area contributed by atoms with Gasteiger partial charge in [-0.3, -0.25) is 0 Å². The van der Waals surface area contributed by atoms with Gasteiger partial charge in [0.15, 0.2) is 11.5 Å². The molecule has 2 rings (SSSR count). The van der Waals surface area contributed by atoms with Gasteiger partial charge < -0.3 is 9.47 Å². The van der Waals surface area contributed by atoms with E-state index < -0.39 is 10.0 Å². The molecule has 0 amide bonds. The van der Waals surface area contributed by atoms with E-state index in [0.717, 1.165) is 12.0 Å². The second kappa shape index (κ2) is 9.59. The van der Waals surface area contributed by atoms with E-state index in [0.29, 0.717) is 41.4 Å². The van der Waals surface area contributed by atoms with Gasteiger partial charge in [-0.2, -0.15) is 13.5 Å². The Balaban J connectivity index is 2.21. The standard InChI is InChI=1S/C21H28N2O4S/c1-6-10-27-19-9-8-18(13-20(19)26-7-2)14-22-23-28(24,25)21-16(4)11-15(3)12-17(21)5/h8-9,11-14,23H,6-7,10H2,1-5H3/b22-14+. The van der Waals surface area contributed by atoms with Crippen molar-refractivity contribution in [3.63, 3.8) is 0 Å². The maximum Gasteiger partial charge on any atom is 0.277 e. The summed E-state index contributed by atoms with van der Waals surface area (Å²) in [6.45, 7) is 10.5. The minimum absolute atomic E-state index is 0.258. The van der Waals surface area contributed by atoms with Crippen molar-refractivity contribution in [2.24, 2.45) is 5.10 Å². The normalized spacial score (nSPS) is 11.6. The molecule has 0 saturated heterocycles. The van der Waals surface area contributed by atoms with E-state index in [1.807, 2.05) is 32.9 Å². The molecule has 0 saturated carbocycles. The Bertz CT molecular complexity index is 930. The summed E-state index contributed by atoms with van der Waals surface area (Å²) in [4.78, 5) is 2.55. The second-order valence-electron chi connectivity index (χ2n) is 6.57. The molecule has 1 N–H and O–H groups in total. The number of aryl methyl sites for hydroxylation is 3. The average molecular weight is 405 g/mol. The minimum atomic E-state index is -3.75. The molecule has 152 valence electrons. The quantitative estimate of drug-likeness (QED) is 0.504. The van der Waals surface area contributed by atoms with Crippen LogP contribution in [0.3, 0.4) is 0 Å². The highest BCUT2D eigenvalue weighted by Gasteiger charge is 2.19. The maximum atomic E-state index is 12.6. The predicted molar refractivity (Wildman–Crippen MR) is 112 cm³/mol. The van der Waals surface area contributed by atoms with Crippen LogP contribution in [0.5, 0.6) is 11.5 Å². The van der Waals surface area contributed by atoms with Crippen molar-refractivity contribution >= 4 is 16.2 Å². The molecule has 6 nitrogen and oxygen atoms in total. The number of ether oxygens (including phenoxy) is 2. The molecule has 28 heavy (non-hydrogen) atoms. The molecular formula is C21H28N2O4S. The molecule has 0 aliphatic rings. The molecule has 0 heterocycles. The molecular weight excluding hydrogens is 376 g/mol. The van der Waals surface area contributed by atoms with Crippen LogP contribution >= 0.6 is 0 Å². The summed E-state index contributed by atoms with van der Waals surface area (Å²) in [5.41, 5.74) is 3.10. The number of nitrogens with zero attached hydrogens (tertiary/aromatic N) is 1. The molecule has 0 aliphatic carbocycles. The lowest BCUT2D eigenvalue weighted by molar-refractivity contribution is 0.277. The molecule has 2 aromatic carbocycles. The van der Waals surface area contributed by atoms with Gasteiger partial charge in [0.05, 0.1) is 24.3 Å². The first-order chi connectivity index (χ1) is 13.3. The number of nitrogens with one attached hydrogen (secondary N) is 1. The first-order valence-electron chi connectivity index (χ1n) is 9.30. The highest BCUT2D eigenvalue weighted by molar-refractivity contribution is 7.89. The lowest BCUT2D eigenvalue weighted by atomic mass is 10.1. The third kappa shape index (κ3) is 5.48. The van der Waals surface area contributed by atoms with Crippen LogP contribution in [0.4, 0.5) is 0 Å². The smallest absolute Gasteiger partial charge is 0.277 e. The fourth-order valence-corrected chi connectivity index (χ4v) is 4.26. The van der Waals surface area contributed by atoms with Crippen LogP contribution in [0.2, 0.25) is 0 Å². The van der Waals surface area contributed by atoms with Crippen molar-refractivity contribution in [2.45, 2.75) is 45.9 Å². The van der Waals surface area contributed by atoms with E-state index in [2.05, 4.69) is 9.93 Å². The highest BCUT2D eigenvalue weighted by atomic mass is 32.2. The van der Waals surface area contributed by atoms with Crippen LogP contribution in [0.25, 0.3) is 0 Å². The molecule has 0 radical (unpaired) electrons. The summed E-state index contributed by atoms with van der Waals surface area (Å²) in [7, 11) is -3.75. The molecule has 2 aromatic rings. The first-order valence-corrected chi connectivity index (χ1v) is 10.8. The summed E-state index contributed by atoms with van der Waals surface area (Å²) in [5.74, 6) is 1.26. The summed E-state index contributed by atoms with van der Waals surface area (Å²) >= 11 is 0. The van der Waals surface area contributed by atoms with Gasteiger partial charge in [-0.1, -0.05) is 24.6 Å². The molecule has 7 heteroatoms. The molecule has 0 fully saturated rings. The van der Waals surface area contributed by atoms with Gasteiger partial charge in [-0.15, -0.1) is 0 Å². The zero-order chi connectivity index (χ0) is 20.7. The van der Waals surface area contributed by atoms with Gasteiger partial charge in [-0.25, -0.2) is 4.83 Å². The monoisotopic (exact) mass is 404 g/mol. The average Bonchev–Trinajstić information content (AvgIpc) is 2.60. The third-order valence-electron chi connectivity index (χ3n) is 3.99. The van der Waals surface area contributed by atoms with Gasteiger partial charge in [0.1, 0.15) is 0 Å². The Morgan fingerprint density at radius 3 is 2.29 bits per heavy atom. The van der Waals surface area contributed by atoms with E-state index >= 15 is 0 Å². The third-order valence-corrected chi connectivity index (χ3v) is 5.52. The number of rotatable bonds is 9. The SMILES string of the molecule is CCCOc1ccc(/C=N/NS(=O)(=O)c2c(C)cc(C)cc2C)cc1OCC. The first kappa shape index (κ1) is 21.8. The topological polar surface area (TPSA) is 77.0 Å². The van der Waals surface area contributed by atoms with Crippen molar-refractivity contribution in [2.75, 3.05) is 13.2 Å². The molecule has 0 bridgehead atoms. The van der Waals surface area contributed by atoms with Crippen LogP contribution < -0.4 is 14.3 Å². The summed E-state index contributed by atoms with van der Waals surface area (Å²) in [6, 6.07) is 9.05. The highest BCUT2D eigenvalue weighted by Crippen LogP contribution is 2.28. The van der Waals surface area contributed by atoms with Gasteiger partial charge in [0, 0.05) is 0 Å². The van der Waals surface area contributed by atoms with E-state index in [-0.39, 0.29) is 4.90 Å². The minimum Gasteiger partial charge on any atom is -0.490 e. The number of hydrazone groups is 1. The van der Waals surface area contributed by atoms with E-state index in [4.69, 9.17) is 9.47 Å². The Labute approximate surface area is 167 Å². The molecule has 0 spiro atoms. The van der Waals surface area contributed by atoms with Gasteiger partial charge in [0.25, 0.3) is 10.0 Å². The largest absolute Gasteiger partial charge is 0.490 e. The van der Waals surface area contributed by atoms with E-state index in [1.165, 1.54) is 6.21 Å². The summed E-state index contributed by atoms with van der Waals surface area (Å²) < 4.78 is 36.6. The number of hydrogen-bond acceptors (Lipinski definition) is 5. The number of hydrogen-bond donors (Lipinski definition) is 1. The fourth-order valence-electron chi connectivity index (χ4n) is 3.01. The Morgan fingerprint density at radius 1 is 1.00 bits per heavy atom. The Kier molecular flexibility index (Phi) is 7.45. The zero-order valence-corrected chi connectivity index (χ0v) is 17.9. The fraction of sp³-hybridized carbons (Fsp3) is 0.381. The van der Waals surface area contributed by atoms with Crippen LogP contribution in [-0.2, 0) is 10.0 Å². The zero-order valence-electron chi connectivity index (χ0n) is 17.1. The van der Waals surface area contributed by atoms with Crippen molar-refractivity contribution < 1.29 is 17.9 Å². The lowest BCUT2D eigenvalue weighted by Gasteiger charge is -2.12. The van der Waals surface area contributed by atoms with Gasteiger partial charge >= 0.3 is 0 Å². The summed E-state index contributed by atoms with van der Waals surface area (Å²) in [6.07, 6.45) is 2.34. The van der Waals surface area contributed by atoms with E-state index in [9.17, 15) is 8.42 Å².